The number of rotatable bonds is 3. The summed E-state index contributed by atoms with van der Waals surface area (Å²) in [5.41, 5.74) is 3.57. The van der Waals surface area contributed by atoms with Crippen molar-refractivity contribution >= 4 is 18.3 Å². The summed E-state index contributed by atoms with van der Waals surface area (Å²) in [7, 11) is 0. The minimum atomic E-state index is -4.82. The number of benzene rings is 1. The van der Waals surface area contributed by atoms with Crippen LogP contribution in [-0.4, -0.2) is 29.9 Å². The van der Waals surface area contributed by atoms with E-state index in [2.05, 4.69) is 0 Å². The van der Waals surface area contributed by atoms with E-state index in [9.17, 15) is 22.4 Å². The van der Waals surface area contributed by atoms with Gasteiger partial charge in [0.1, 0.15) is 5.82 Å². The first kappa shape index (κ1) is 19.7. The van der Waals surface area contributed by atoms with E-state index in [-0.39, 0.29) is 18.4 Å². The van der Waals surface area contributed by atoms with Crippen LogP contribution in [-0.2, 0) is 6.18 Å². The van der Waals surface area contributed by atoms with Gasteiger partial charge in [-0.2, -0.15) is 13.2 Å². The van der Waals surface area contributed by atoms with Gasteiger partial charge in [0.2, 0.25) is 0 Å². The number of hydrogen-bond donors (Lipinski definition) is 1. The van der Waals surface area contributed by atoms with Crippen LogP contribution in [0.15, 0.2) is 18.2 Å². The SMILES string of the molecule is Cl.NCCC1CCCCN1C(=O)c1cccc(C(F)(F)F)c1F. The lowest BCUT2D eigenvalue weighted by molar-refractivity contribution is -0.140. The van der Waals surface area contributed by atoms with Gasteiger partial charge in [0, 0.05) is 12.6 Å². The fourth-order valence-electron chi connectivity index (χ4n) is 2.83. The fourth-order valence-corrected chi connectivity index (χ4v) is 2.83. The van der Waals surface area contributed by atoms with E-state index in [1.807, 2.05) is 0 Å². The highest BCUT2D eigenvalue weighted by Gasteiger charge is 2.37. The second kappa shape index (κ2) is 7.97. The summed E-state index contributed by atoms with van der Waals surface area (Å²) < 4.78 is 52.3. The molecule has 0 spiro atoms. The maximum Gasteiger partial charge on any atom is 0.419 e. The van der Waals surface area contributed by atoms with E-state index in [0.717, 1.165) is 31.4 Å². The molecule has 0 aromatic heterocycles. The zero-order chi connectivity index (χ0) is 16.3. The Labute approximate surface area is 138 Å². The molecule has 0 radical (unpaired) electrons. The standard InChI is InChI=1S/C15H18F4N2O.ClH/c16-13-11(5-3-6-12(13)15(17,18)19)14(22)21-9-2-1-4-10(21)7-8-20;/h3,5-6,10H,1-2,4,7-9,20H2;1H. The molecule has 1 aliphatic rings. The zero-order valence-electron chi connectivity index (χ0n) is 12.4. The Kier molecular flexibility index (Phi) is 6.83. The Hall–Kier alpha value is -1.34. The van der Waals surface area contributed by atoms with Crippen LogP contribution in [0, 0.1) is 5.82 Å². The molecule has 1 aromatic carbocycles. The summed E-state index contributed by atoms with van der Waals surface area (Å²) in [6.07, 6.45) is -1.83. The van der Waals surface area contributed by atoms with Gasteiger partial charge in [0.05, 0.1) is 11.1 Å². The summed E-state index contributed by atoms with van der Waals surface area (Å²) in [6.45, 7) is 0.790. The van der Waals surface area contributed by atoms with E-state index in [0.29, 0.717) is 25.6 Å². The molecule has 0 bridgehead atoms. The van der Waals surface area contributed by atoms with Gasteiger partial charge in [-0.15, -0.1) is 12.4 Å². The van der Waals surface area contributed by atoms with Crippen molar-refractivity contribution in [3.8, 4) is 0 Å². The first-order valence-corrected chi connectivity index (χ1v) is 7.23. The molecule has 8 heteroatoms. The van der Waals surface area contributed by atoms with Gasteiger partial charge in [0.15, 0.2) is 0 Å². The van der Waals surface area contributed by atoms with Crippen LogP contribution in [0.2, 0.25) is 0 Å². The molecular formula is C15H19ClF4N2O. The highest BCUT2D eigenvalue weighted by molar-refractivity contribution is 5.95. The Morgan fingerprint density at radius 2 is 2.00 bits per heavy atom. The molecular weight excluding hydrogens is 336 g/mol. The number of carbonyl (C=O) groups excluding carboxylic acids is 1. The zero-order valence-corrected chi connectivity index (χ0v) is 13.2. The molecule has 1 amide bonds. The van der Waals surface area contributed by atoms with Crippen molar-refractivity contribution in [2.45, 2.75) is 37.9 Å². The van der Waals surface area contributed by atoms with Gasteiger partial charge in [-0.05, 0) is 44.4 Å². The topological polar surface area (TPSA) is 46.3 Å². The molecule has 2 rings (SSSR count). The highest BCUT2D eigenvalue weighted by atomic mass is 35.5. The summed E-state index contributed by atoms with van der Waals surface area (Å²) >= 11 is 0. The predicted octanol–water partition coefficient (Wildman–Crippen LogP) is 3.61. The summed E-state index contributed by atoms with van der Waals surface area (Å²) in [5.74, 6) is -2.20. The third-order valence-electron chi connectivity index (χ3n) is 3.92. The van der Waals surface area contributed by atoms with E-state index in [1.54, 1.807) is 0 Å². The maximum atomic E-state index is 14.1. The molecule has 0 saturated carbocycles. The van der Waals surface area contributed by atoms with E-state index in [1.165, 1.54) is 4.90 Å². The molecule has 0 aliphatic carbocycles. The van der Waals surface area contributed by atoms with Crippen LogP contribution < -0.4 is 5.73 Å². The predicted molar refractivity (Wildman–Crippen MR) is 81.0 cm³/mol. The van der Waals surface area contributed by atoms with Gasteiger partial charge in [-0.3, -0.25) is 4.79 Å². The van der Waals surface area contributed by atoms with E-state index < -0.39 is 29.0 Å². The lowest BCUT2D eigenvalue weighted by atomic mass is 9.97. The minimum absolute atomic E-state index is 0. The molecule has 1 saturated heterocycles. The van der Waals surface area contributed by atoms with Crippen LogP contribution in [0.25, 0.3) is 0 Å². The quantitative estimate of drug-likeness (QED) is 0.843. The van der Waals surface area contributed by atoms with Gasteiger partial charge >= 0.3 is 6.18 Å². The molecule has 1 unspecified atom stereocenters. The lowest BCUT2D eigenvalue weighted by Gasteiger charge is -2.36. The fraction of sp³-hybridized carbons (Fsp3) is 0.533. The van der Waals surface area contributed by atoms with Crippen molar-refractivity contribution in [3.63, 3.8) is 0 Å². The van der Waals surface area contributed by atoms with E-state index >= 15 is 0 Å². The van der Waals surface area contributed by atoms with Gasteiger partial charge in [-0.1, -0.05) is 6.07 Å². The van der Waals surface area contributed by atoms with Crippen molar-refractivity contribution in [3.05, 3.63) is 35.1 Å². The number of alkyl halides is 3. The summed E-state index contributed by atoms with van der Waals surface area (Å²) in [4.78, 5) is 13.9. The molecule has 23 heavy (non-hydrogen) atoms. The van der Waals surface area contributed by atoms with Crippen LogP contribution >= 0.6 is 12.4 Å². The number of piperidine rings is 1. The number of amides is 1. The third-order valence-corrected chi connectivity index (χ3v) is 3.92. The van der Waals surface area contributed by atoms with Crippen LogP contribution in [0.5, 0.6) is 0 Å². The number of halogens is 5. The number of likely N-dealkylation sites (tertiary alicyclic amines) is 1. The van der Waals surface area contributed by atoms with Crippen molar-refractivity contribution in [2.75, 3.05) is 13.1 Å². The molecule has 1 fully saturated rings. The summed E-state index contributed by atoms with van der Waals surface area (Å²) in [6, 6.07) is 2.65. The Morgan fingerprint density at radius 3 is 2.61 bits per heavy atom. The average molecular weight is 355 g/mol. The monoisotopic (exact) mass is 354 g/mol. The highest BCUT2D eigenvalue weighted by Crippen LogP contribution is 2.33. The minimum Gasteiger partial charge on any atom is -0.336 e. The van der Waals surface area contributed by atoms with Crippen molar-refractivity contribution in [1.29, 1.82) is 0 Å². The molecule has 1 heterocycles. The van der Waals surface area contributed by atoms with Crippen molar-refractivity contribution in [1.82, 2.24) is 4.90 Å². The summed E-state index contributed by atoms with van der Waals surface area (Å²) in [5, 5.41) is 0. The van der Waals surface area contributed by atoms with Gasteiger partial charge in [-0.25, -0.2) is 4.39 Å². The number of hydrogen-bond acceptors (Lipinski definition) is 2. The largest absolute Gasteiger partial charge is 0.419 e. The second-order valence-electron chi connectivity index (χ2n) is 5.39. The first-order valence-electron chi connectivity index (χ1n) is 7.23. The molecule has 2 N–H and O–H groups in total. The van der Waals surface area contributed by atoms with Crippen LogP contribution in [0.3, 0.4) is 0 Å². The molecule has 1 atom stereocenters. The first-order chi connectivity index (χ1) is 10.4. The lowest BCUT2D eigenvalue weighted by Crippen LogP contribution is -2.45. The molecule has 130 valence electrons. The number of nitrogens with zero attached hydrogens (tertiary/aromatic N) is 1. The van der Waals surface area contributed by atoms with Crippen LogP contribution in [0.1, 0.15) is 41.6 Å². The van der Waals surface area contributed by atoms with E-state index in [4.69, 9.17) is 5.73 Å². The normalized spacial score (nSPS) is 18.5. The number of carbonyl (C=O) groups is 1. The number of nitrogens with two attached hydrogens (primary N) is 1. The molecule has 1 aromatic rings. The third kappa shape index (κ3) is 4.35. The second-order valence-corrected chi connectivity index (χ2v) is 5.39. The Morgan fingerprint density at radius 1 is 1.30 bits per heavy atom. The Bertz CT molecular complexity index is 549. The van der Waals surface area contributed by atoms with Crippen molar-refractivity contribution in [2.24, 2.45) is 5.73 Å². The molecule has 1 aliphatic heterocycles. The van der Waals surface area contributed by atoms with Gasteiger partial charge in [0.25, 0.3) is 5.91 Å². The average Bonchev–Trinajstić information content (AvgIpc) is 2.46. The van der Waals surface area contributed by atoms with Crippen LogP contribution in [0.4, 0.5) is 17.6 Å². The smallest absolute Gasteiger partial charge is 0.336 e. The maximum absolute atomic E-state index is 14.1. The Balaban J connectivity index is 0.00000264. The molecule has 3 nitrogen and oxygen atoms in total. The van der Waals surface area contributed by atoms with Gasteiger partial charge < -0.3 is 10.6 Å². The van der Waals surface area contributed by atoms with Crippen molar-refractivity contribution < 1.29 is 22.4 Å².